The largest absolute Gasteiger partial charge is 0.497 e. The lowest BCUT2D eigenvalue weighted by atomic mass is 9.93. The molecule has 2 amide bonds. The number of hydrogen-bond donors (Lipinski definition) is 0. The van der Waals surface area contributed by atoms with E-state index in [2.05, 4.69) is 16.3 Å². The third-order valence-corrected chi connectivity index (χ3v) is 8.38. The van der Waals surface area contributed by atoms with Crippen LogP contribution in [0.5, 0.6) is 5.75 Å². The van der Waals surface area contributed by atoms with Crippen LogP contribution in [0.15, 0.2) is 60.0 Å². The number of amides is 2. The van der Waals surface area contributed by atoms with Crippen LogP contribution in [-0.4, -0.2) is 72.4 Å². The van der Waals surface area contributed by atoms with Gasteiger partial charge in [-0.2, -0.15) is 0 Å². The highest BCUT2D eigenvalue weighted by molar-refractivity contribution is 7.10. The van der Waals surface area contributed by atoms with E-state index in [1.807, 2.05) is 47.1 Å². The van der Waals surface area contributed by atoms with Gasteiger partial charge in [0.15, 0.2) is 0 Å². The Labute approximate surface area is 221 Å². The number of halogens is 1. The average Bonchev–Trinajstić information content (AvgIpc) is 3.37. The highest BCUT2D eigenvalue weighted by atomic mass is 32.1. The lowest BCUT2D eigenvalue weighted by molar-refractivity contribution is -0.143. The average molecular weight is 522 g/mol. The summed E-state index contributed by atoms with van der Waals surface area (Å²) in [5, 5.41) is 2.08. The fourth-order valence-corrected chi connectivity index (χ4v) is 6.36. The number of hydrogen-bond acceptors (Lipinski definition) is 5. The van der Waals surface area contributed by atoms with E-state index < -0.39 is 0 Å². The number of carbonyl (C=O) groups excluding carboxylic acids is 2. The van der Waals surface area contributed by atoms with Gasteiger partial charge in [-0.15, -0.1) is 11.3 Å². The van der Waals surface area contributed by atoms with Gasteiger partial charge in [0.1, 0.15) is 11.6 Å². The number of ether oxygens (including phenoxy) is 1. The van der Waals surface area contributed by atoms with Crippen LogP contribution in [0.2, 0.25) is 0 Å². The molecular formula is C29H32FN3O3S. The van der Waals surface area contributed by atoms with Gasteiger partial charge in [-0.05, 0) is 65.7 Å². The quantitative estimate of drug-likeness (QED) is 0.489. The van der Waals surface area contributed by atoms with Gasteiger partial charge in [-0.3, -0.25) is 14.5 Å². The maximum atomic E-state index is 14.1. The van der Waals surface area contributed by atoms with Crippen molar-refractivity contribution in [2.75, 3.05) is 39.8 Å². The van der Waals surface area contributed by atoms with E-state index in [-0.39, 0.29) is 36.3 Å². The first kappa shape index (κ1) is 25.4. The minimum absolute atomic E-state index is 0.0502. The molecule has 3 heterocycles. The first-order chi connectivity index (χ1) is 17.9. The molecule has 0 spiro atoms. The lowest BCUT2D eigenvalue weighted by Gasteiger charge is -2.42. The fourth-order valence-electron chi connectivity index (χ4n) is 5.45. The van der Waals surface area contributed by atoms with Crippen molar-refractivity contribution < 1.29 is 18.7 Å². The molecule has 2 aliphatic heterocycles. The molecule has 194 valence electrons. The molecule has 37 heavy (non-hydrogen) atoms. The summed E-state index contributed by atoms with van der Waals surface area (Å²) < 4.78 is 19.3. The minimum Gasteiger partial charge on any atom is -0.497 e. The van der Waals surface area contributed by atoms with Crippen LogP contribution in [0.4, 0.5) is 4.39 Å². The number of rotatable bonds is 6. The molecule has 1 saturated heterocycles. The summed E-state index contributed by atoms with van der Waals surface area (Å²) in [7, 11) is 1.62. The number of carbonyl (C=O) groups is 2. The van der Waals surface area contributed by atoms with Crippen LogP contribution >= 0.6 is 11.3 Å². The van der Waals surface area contributed by atoms with E-state index in [1.54, 1.807) is 30.6 Å². The predicted octanol–water partition coefficient (Wildman–Crippen LogP) is 4.15. The van der Waals surface area contributed by atoms with Gasteiger partial charge in [0, 0.05) is 37.1 Å². The van der Waals surface area contributed by atoms with Gasteiger partial charge < -0.3 is 14.5 Å². The molecule has 2 aliphatic rings. The van der Waals surface area contributed by atoms with Gasteiger partial charge in [0.05, 0.1) is 26.1 Å². The molecular weight excluding hydrogens is 489 g/mol. The van der Waals surface area contributed by atoms with Gasteiger partial charge >= 0.3 is 0 Å². The number of benzene rings is 2. The van der Waals surface area contributed by atoms with Crippen LogP contribution in [0.3, 0.4) is 0 Å². The molecule has 2 aromatic carbocycles. The number of fused-ring (bicyclic) bond motifs is 1. The van der Waals surface area contributed by atoms with E-state index >= 15 is 0 Å². The highest BCUT2D eigenvalue weighted by Gasteiger charge is 2.34. The second kappa shape index (κ2) is 11.0. The Bertz CT molecular complexity index is 1260. The molecule has 1 aromatic heterocycles. The minimum atomic E-state index is -0.268. The van der Waals surface area contributed by atoms with Crippen molar-refractivity contribution in [2.45, 2.75) is 31.8 Å². The summed E-state index contributed by atoms with van der Waals surface area (Å²) >= 11 is 1.72. The summed E-state index contributed by atoms with van der Waals surface area (Å²) in [5.74, 6) is 0.613. The number of nitrogens with zero attached hydrogens (tertiary/aromatic N) is 3. The van der Waals surface area contributed by atoms with E-state index in [1.165, 1.54) is 10.9 Å². The molecule has 0 saturated carbocycles. The molecule has 2 atom stereocenters. The predicted molar refractivity (Wildman–Crippen MR) is 142 cm³/mol. The zero-order chi connectivity index (χ0) is 25.9. The number of methoxy groups -OCH3 is 1. The Morgan fingerprint density at radius 3 is 2.59 bits per heavy atom. The van der Waals surface area contributed by atoms with Crippen LogP contribution in [-0.2, 0) is 22.4 Å². The van der Waals surface area contributed by atoms with Crippen molar-refractivity contribution in [1.82, 2.24) is 14.7 Å². The summed E-state index contributed by atoms with van der Waals surface area (Å²) in [5.41, 5.74) is 2.98. The summed E-state index contributed by atoms with van der Waals surface area (Å²) in [6, 6.07) is 16.1. The summed E-state index contributed by atoms with van der Waals surface area (Å²) in [6.07, 6.45) is 1.21. The van der Waals surface area contributed by atoms with E-state index in [9.17, 15) is 14.0 Å². The topological polar surface area (TPSA) is 53.1 Å². The molecule has 5 rings (SSSR count). The zero-order valence-electron chi connectivity index (χ0n) is 21.2. The van der Waals surface area contributed by atoms with Crippen molar-refractivity contribution >= 4 is 23.2 Å². The first-order valence-corrected chi connectivity index (χ1v) is 13.6. The monoisotopic (exact) mass is 521 g/mol. The van der Waals surface area contributed by atoms with Crippen molar-refractivity contribution in [3.8, 4) is 5.75 Å². The van der Waals surface area contributed by atoms with Crippen LogP contribution in [0.25, 0.3) is 0 Å². The van der Waals surface area contributed by atoms with E-state index in [0.29, 0.717) is 26.1 Å². The van der Waals surface area contributed by atoms with Crippen molar-refractivity contribution in [2.24, 2.45) is 0 Å². The molecule has 8 heteroatoms. The maximum absolute atomic E-state index is 14.1. The molecule has 0 N–H and O–H groups in total. The Morgan fingerprint density at radius 2 is 1.86 bits per heavy atom. The molecule has 6 nitrogen and oxygen atoms in total. The number of thiophene rings is 1. The van der Waals surface area contributed by atoms with Crippen molar-refractivity contribution in [3.63, 3.8) is 0 Å². The van der Waals surface area contributed by atoms with Crippen LogP contribution in [0, 0.1) is 5.82 Å². The molecule has 0 unspecified atom stereocenters. The Kier molecular flexibility index (Phi) is 7.58. The third kappa shape index (κ3) is 5.55. The van der Waals surface area contributed by atoms with Gasteiger partial charge in [-0.25, -0.2) is 4.39 Å². The Hall–Kier alpha value is -3.23. The van der Waals surface area contributed by atoms with E-state index in [0.717, 1.165) is 35.4 Å². The third-order valence-electron chi connectivity index (χ3n) is 7.38. The maximum Gasteiger partial charge on any atom is 0.236 e. The normalized spacial score (nSPS) is 20.0. The second-order valence-electron chi connectivity index (χ2n) is 9.78. The SMILES string of the molecule is COc1ccc(CC(=O)N2CCN(C(=O)CN3CCc4sccc4[C@@H]3c3cccc(F)c3)C[C@@H]2C)cc1. The molecule has 0 radical (unpaired) electrons. The number of piperazine rings is 1. The van der Waals surface area contributed by atoms with Crippen molar-refractivity contribution in [1.29, 1.82) is 0 Å². The van der Waals surface area contributed by atoms with Gasteiger partial charge in [0.25, 0.3) is 0 Å². The zero-order valence-corrected chi connectivity index (χ0v) is 22.0. The Balaban J connectivity index is 1.23. The highest BCUT2D eigenvalue weighted by Crippen LogP contribution is 2.37. The van der Waals surface area contributed by atoms with Gasteiger partial charge in [-0.1, -0.05) is 24.3 Å². The molecule has 1 fully saturated rings. The Morgan fingerprint density at radius 1 is 1.05 bits per heavy atom. The first-order valence-electron chi connectivity index (χ1n) is 12.7. The van der Waals surface area contributed by atoms with E-state index in [4.69, 9.17) is 4.74 Å². The molecule has 3 aromatic rings. The smallest absolute Gasteiger partial charge is 0.236 e. The lowest BCUT2D eigenvalue weighted by Crippen LogP contribution is -2.57. The van der Waals surface area contributed by atoms with Gasteiger partial charge in [0.2, 0.25) is 11.8 Å². The molecule has 0 aliphatic carbocycles. The van der Waals surface area contributed by atoms with Crippen LogP contribution < -0.4 is 4.74 Å². The standard InChI is InChI=1S/C29H32FN3O3S/c1-20-18-31(13-14-33(20)27(34)16-21-6-8-24(36-2)9-7-21)28(35)19-32-12-10-26-25(11-15-37-26)29(32)22-4-3-5-23(30)17-22/h3-9,11,15,17,20,29H,10,12-14,16,18-19H2,1-2H3/t20-,29-/m0/s1. The fraction of sp³-hybridized carbons (Fsp3) is 0.379. The molecule has 0 bridgehead atoms. The summed E-state index contributed by atoms with van der Waals surface area (Å²) in [4.78, 5) is 33.6. The van der Waals surface area contributed by atoms with Crippen molar-refractivity contribution in [3.05, 3.63) is 87.4 Å². The second-order valence-corrected chi connectivity index (χ2v) is 10.8. The summed E-state index contributed by atoms with van der Waals surface area (Å²) in [6.45, 7) is 4.55. The van der Waals surface area contributed by atoms with Crippen LogP contribution in [0.1, 0.15) is 34.5 Å².